The Kier molecular flexibility index (Phi) is 2.14. The predicted octanol–water partition coefficient (Wildman–Crippen LogP) is 1.17. The van der Waals surface area contributed by atoms with Crippen molar-refractivity contribution >= 4 is 0 Å². The van der Waals surface area contributed by atoms with E-state index in [0.29, 0.717) is 5.41 Å². The molecule has 2 nitrogen and oxygen atoms in total. The summed E-state index contributed by atoms with van der Waals surface area (Å²) in [6.07, 6.45) is 5.28. The normalized spacial score (nSPS) is 30.5. The van der Waals surface area contributed by atoms with Gasteiger partial charge in [-0.15, -0.1) is 0 Å². The summed E-state index contributed by atoms with van der Waals surface area (Å²) < 4.78 is 5.42. The highest BCUT2D eigenvalue weighted by Crippen LogP contribution is 2.34. The van der Waals surface area contributed by atoms with Gasteiger partial charge in [-0.2, -0.15) is 0 Å². The minimum absolute atomic E-state index is 0.684. The van der Waals surface area contributed by atoms with E-state index in [-0.39, 0.29) is 0 Å². The van der Waals surface area contributed by atoms with E-state index in [9.17, 15) is 0 Å². The molecule has 2 aliphatic rings. The van der Waals surface area contributed by atoms with Gasteiger partial charge in [0.2, 0.25) is 0 Å². The molecule has 0 aromatic heterocycles. The van der Waals surface area contributed by atoms with E-state index in [1.807, 2.05) is 0 Å². The van der Waals surface area contributed by atoms with Crippen molar-refractivity contribution in [2.24, 2.45) is 5.41 Å². The molecule has 0 saturated carbocycles. The van der Waals surface area contributed by atoms with E-state index in [4.69, 9.17) is 4.74 Å². The minimum atomic E-state index is 0.684. The second kappa shape index (κ2) is 3.11. The number of rotatable bonds is 0. The molecule has 2 aliphatic heterocycles. The van der Waals surface area contributed by atoms with E-state index in [1.165, 1.54) is 38.8 Å². The van der Waals surface area contributed by atoms with Crippen molar-refractivity contribution in [3.8, 4) is 0 Å². The fourth-order valence-corrected chi connectivity index (χ4v) is 2.16. The number of hydrogen-bond acceptors (Lipinski definition) is 2. The second-order valence-electron chi connectivity index (χ2n) is 3.92. The zero-order valence-corrected chi connectivity index (χ0v) is 7.07. The second-order valence-corrected chi connectivity index (χ2v) is 3.92. The predicted molar refractivity (Wildman–Crippen MR) is 44.6 cm³/mol. The highest BCUT2D eigenvalue weighted by molar-refractivity contribution is 4.92. The van der Waals surface area contributed by atoms with Crippen molar-refractivity contribution in [1.29, 1.82) is 0 Å². The van der Waals surface area contributed by atoms with E-state index < -0.39 is 0 Å². The molecule has 1 N–H and O–H groups in total. The highest BCUT2D eigenvalue weighted by Gasteiger charge is 2.35. The lowest BCUT2D eigenvalue weighted by molar-refractivity contribution is 0.0490. The Morgan fingerprint density at radius 3 is 2.09 bits per heavy atom. The third-order valence-electron chi connectivity index (χ3n) is 2.99. The molecular weight excluding hydrogens is 138 g/mol. The van der Waals surface area contributed by atoms with Crippen LogP contribution in [0.1, 0.15) is 25.7 Å². The van der Waals surface area contributed by atoms with Gasteiger partial charge in [0.1, 0.15) is 0 Å². The van der Waals surface area contributed by atoms with Crippen LogP contribution in [0.25, 0.3) is 0 Å². The Morgan fingerprint density at radius 2 is 1.64 bits per heavy atom. The third kappa shape index (κ3) is 1.57. The number of hydrogen-bond donors (Lipinski definition) is 1. The zero-order valence-electron chi connectivity index (χ0n) is 7.07. The Morgan fingerprint density at radius 1 is 1.00 bits per heavy atom. The quantitative estimate of drug-likeness (QED) is 0.567. The molecule has 0 aromatic rings. The molecule has 2 fully saturated rings. The molecule has 0 amide bonds. The summed E-state index contributed by atoms with van der Waals surface area (Å²) in [5.74, 6) is 0. The summed E-state index contributed by atoms with van der Waals surface area (Å²) in [6.45, 7) is 4.49. The molecule has 64 valence electrons. The lowest BCUT2D eigenvalue weighted by Crippen LogP contribution is -2.53. The van der Waals surface area contributed by atoms with Crippen LogP contribution < -0.4 is 5.32 Å². The first-order valence-electron chi connectivity index (χ1n) is 4.70. The van der Waals surface area contributed by atoms with Gasteiger partial charge < -0.3 is 10.1 Å². The highest BCUT2D eigenvalue weighted by atomic mass is 16.5. The molecule has 11 heavy (non-hydrogen) atoms. The van der Waals surface area contributed by atoms with Crippen molar-refractivity contribution in [2.45, 2.75) is 25.7 Å². The Balaban J connectivity index is 1.86. The van der Waals surface area contributed by atoms with Crippen LogP contribution in [-0.2, 0) is 4.74 Å². The summed E-state index contributed by atoms with van der Waals surface area (Å²) in [7, 11) is 0. The lowest BCUT2D eigenvalue weighted by atomic mass is 9.74. The SMILES string of the molecule is C1COCCCC2(C1)CNC2. The smallest absolute Gasteiger partial charge is 0.0466 e. The van der Waals surface area contributed by atoms with Crippen molar-refractivity contribution < 1.29 is 4.74 Å². The summed E-state index contributed by atoms with van der Waals surface area (Å²) in [5, 5.41) is 3.38. The molecule has 2 heteroatoms. The maximum atomic E-state index is 5.42. The van der Waals surface area contributed by atoms with Gasteiger partial charge in [0.05, 0.1) is 0 Å². The Bertz CT molecular complexity index is 122. The van der Waals surface area contributed by atoms with Crippen LogP contribution >= 0.6 is 0 Å². The van der Waals surface area contributed by atoms with Crippen LogP contribution in [-0.4, -0.2) is 26.3 Å². The van der Waals surface area contributed by atoms with Gasteiger partial charge in [-0.25, -0.2) is 0 Å². The van der Waals surface area contributed by atoms with E-state index in [0.717, 1.165) is 13.2 Å². The van der Waals surface area contributed by atoms with Gasteiger partial charge in [-0.3, -0.25) is 0 Å². The summed E-state index contributed by atoms with van der Waals surface area (Å²) in [6, 6.07) is 0. The fraction of sp³-hybridized carbons (Fsp3) is 1.00. The van der Waals surface area contributed by atoms with Crippen LogP contribution in [0, 0.1) is 5.41 Å². The summed E-state index contributed by atoms with van der Waals surface area (Å²) in [4.78, 5) is 0. The van der Waals surface area contributed by atoms with Crippen LogP contribution in [0.2, 0.25) is 0 Å². The lowest BCUT2D eigenvalue weighted by Gasteiger charge is -2.44. The van der Waals surface area contributed by atoms with Gasteiger partial charge in [0.25, 0.3) is 0 Å². The van der Waals surface area contributed by atoms with Crippen LogP contribution in [0.4, 0.5) is 0 Å². The summed E-state index contributed by atoms with van der Waals surface area (Å²) >= 11 is 0. The maximum absolute atomic E-state index is 5.42. The molecule has 0 unspecified atom stereocenters. The van der Waals surface area contributed by atoms with Crippen molar-refractivity contribution in [3.63, 3.8) is 0 Å². The summed E-state index contributed by atoms with van der Waals surface area (Å²) in [5.41, 5.74) is 0.684. The minimum Gasteiger partial charge on any atom is -0.381 e. The van der Waals surface area contributed by atoms with Gasteiger partial charge in [-0.1, -0.05) is 0 Å². The van der Waals surface area contributed by atoms with E-state index in [1.54, 1.807) is 0 Å². The molecule has 2 heterocycles. The first-order valence-corrected chi connectivity index (χ1v) is 4.70. The van der Waals surface area contributed by atoms with Crippen molar-refractivity contribution in [3.05, 3.63) is 0 Å². The molecule has 2 rings (SSSR count). The first-order chi connectivity index (χ1) is 5.41. The van der Waals surface area contributed by atoms with Gasteiger partial charge in [0, 0.05) is 26.3 Å². The topological polar surface area (TPSA) is 21.3 Å². The van der Waals surface area contributed by atoms with Crippen LogP contribution in [0.3, 0.4) is 0 Å². The number of ether oxygens (including phenoxy) is 1. The van der Waals surface area contributed by atoms with Crippen molar-refractivity contribution in [1.82, 2.24) is 5.32 Å². The first kappa shape index (κ1) is 7.56. The Labute approximate surface area is 68.3 Å². The van der Waals surface area contributed by atoms with E-state index in [2.05, 4.69) is 5.32 Å². The molecule has 0 aromatic carbocycles. The third-order valence-corrected chi connectivity index (χ3v) is 2.99. The molecule has 0 radical (unpaired) electrons. The average Bonchev–Trinajstić information content (AvgIpc) is 1.82. The standard InChI is InChI=1S/C9H17NO/c1-3-9(7-10-8-9)4-2-6-11-5-1/h10H,1-8H2. The van der Waals surface area contributed by atoms with Gasteiger partial charge in [-0.05, 0) is 31.1 Å². The monoisotopic (exact) mass is 155 g/mol. The average molecular weight is 155 g/mol. The fourth-order valence-electron chi connectivity index (χ4n) is 2.16. The molecule has 0 aliphatic carbocycles. The molecule has 0 atom stereocenters. The van der Waals surface area contributed by atoms with E-state index >= 15 is 0 Å². The van der Waals surface area contributed by atoms with Crippen LogP contribution in [0.15, 0.2) is 0 Å². The molecule has 2 saturated heterocycles. The molecule has 1 spiro atoms. The molecule has 0 bridgehead atoms. The molecular formula is C9H17NO. The Hall–Kier alpha value is -0.0800. The largest absolute Gasteiger partial charge is 0.381 e. The van der Waals surface area contributed by atoms with Gasteiger partial charge in [0.15, 0.2) is 0 Å². The van der Waals surface area contributed by atoms with Gasteiger partial charge >= 0.3 is 0 Å². The zero-order chi connectivity index (χ0) is 7.57. The van der Waals surface area contributed by atoms with Crippen LogP contribution in [0.5, 0.6) is 0 Å². The number of nitrogens with one attached hydrogen (secondary N) is 1. The van der Waals surface area contributed by atoms with Crippen molar-refractivity contribution in [2.75, 3.05) is 26.3 Å². The maximum Gasteiger partial charge on any atom is 0.0466 e.